The molecule has 5 atom stereocenters. The van der Waals surface area contributed by atoms with Gasteiger partial charge in [0.1, 0.15) is 18.3 Å². The van der Waals surface area contributed by atoms with E-state index >= 15 is 0 Å². The molecule has 96 valence electrons. The summed E-state index contributed by atoms with van der Waals surface area (Å²) in [4.78, 5) is 17.1. The molecule has 1 aliphatic rings. The minimum atomic E-state index is -4.83. The van der Waals surface area contributed by atoms with E-state index < -0.39 is 45.1 Å². The van der Waals surface area contributed by atoms with Crippen LogP contribution in [0.4, 0.5) is 0 Å². The van der Waals surface area contributed by atoms with E-state index in [1.54, 1.807) is 0 Å². The normalized spacial score (nSPS) is 41.0. The molecule has 0 saturated carbocycles. The van der Waals surface area contributed by atoms with Crippen molar-refractivity contribution < 1.29 is 38.9 Å². The van der Waals surface area contributed by atoms with Crippen LogP contribution in [0.3, 0.4) is 0 Å². The molecule has 0 aliphatic carbocycles. The first kappa shape index (κ1) is 14.0. The quantitative estimate of drug-likeness (QED) is 0.287. The number of hydrogen-bond donors (Lipinski definition) is 6. The first-order chi connectivity index (χ1) is 7.26. The average Bonchev–Trinajstić information content (AvgIpc) is 2.17. The Labute approximate surface area is 90.6 Å². The second kappa shape index (κ2) is 5.05. The molecule has 1 saturated heterocycles. The van der Waals surface area contributed by atoms with E-state index in [1.807, 2.05) is 0 Å². The maximum Gasteiger partial charge on any atom is 0.471 e. The first-order valence-electron chi connectivity index (χ1n) is 4.38. The second-order valence-electron chi connectivity index (χ2n) is 3.38. The van der Waals surface area contributed by atoms with Crippen LogP contribution >= 0.6 is 7.82 Å². The molecule has 1 rings (SSSR count). The fourth-order valence-corrected chi connectivity index (χ4v) is 1.79. The van der Waals surface area contributed by atoms with Crippen molar-refractivity contribution in [2.45, 2.75) is 30.6 Å². The Morgan fingerprint density at radius 1 is 1.31 bits per heavy atom. The van der Waals surface area contributed by atoms with Gasteiger partial charge in [-0.05, 0) is 0 Å². The first-order valence-corrected chi connectivity index (χ1v) is 5.91. The van der Waals surface area contributed by atoms with Crippen molar-refractivity contribution in [1.29, 1.82) is 0 Å². The van der Waals surface area contributed by atoms with Crippen molar-refractivity contribution >= 4 is 7.82 Å². The highest BCUT2D eigenvalue weighted by atomic mass is 31.2. The monoisotopic (exact) mass is 259 g/mol. The molecule has 0 aromatic carbocycles. The third-order valence-electron chi connectivity index (χ3n) is 2.17. The van der Waals surface area contributed by atoms with Crippen LogP contribution in [0.25, 0.3) is 0 Å². The second-order valence-corrected chi connectivity index (χ2v) is 4.57. The number of hydrogen-bond acceptors (Lipinski definition) is 7. The molecule has 1 fully saturated rings. The van der Waals surface area contributed by atoms with Crippen molar-refractivity contribution in [2.75, 3.05) is 6.61 Å². The van der Waals surface area contributed by atoms with Gasteiger partial charge in [0.2, 0.25) is 0 Å². The molecule has 0 amide bonds. The van der Waals surface area contributed by atoms with Crippen LogP contribution in [-0.2, 0) is 13.8 Å². The van der Waals surface area contributed by atoms with Crippen LogP contribution in [0.1, 0.15) is 0 Å². The number of ether oxygens (including phenoxy) is 1. The Hall–Kier alpha value is -0.0900. The highest BCUT2D eigenvalue weighted by molar-refractivity contribution is 7.46. The number of phosphoric acid groups is 1. The SMILES string of the molecule is N[C@@H]1C(O)[C@@H](O)C(CO)O[C@H]1OP(=O)(O)O. The Bertz CT molecular complexity index is 280. The number of phosphoric ester groups is 1. The van der Waals surface area contributed by atoms with Gasteiger partial charge in [0.15, 0.2) is 6.29 Å². The van der Waals surface area contributed by atoms with Gasteiger partial charge in [-0.25, -0.2) is 4.57 Å². The molecule has 0 radical (unpaired) electrons. The number of aliphatic hydroxyl groups excluding tert-OH is 3. The van der Waals surface area contributed by atoms with Crippen LogP contribution in [0.15, 0.2) is 0 Å². The largest absolute Gasteiger partial charge is 0.471 e. The minimum Gasteiger partial charge on any atom is -0.394 e. The molecule has 7 N–H and O–H groups in total. The van der Waals surface area contributed by atoms with Crippen molar-refractivity contribution in [3.05, 3.63) is 0 Å². The van der Waals surface area contributed by atoms with Gasteiger partial charge in [0.25, 0.3) is 0 Å². The molecule has 0 spiro atoms. The van der Waals surface area contributed by atoms with Gasteiger partial charge in [-0.1, -0.05) is 0 Å². The smallest absolute Gasteiger partial charge is 0.394 e. The predicted octanol–water partition coefficient (Wildman–Crippen LogP) is -3.14. The number of rotatable bonds is 3. The molecule has 0 aromatic heterocycles. The van der Waals surface area contributed by atoms with E-state index in [9.17, 15) is 14.8 Å². The molecular weight excluding hydrogens is 245 g/mol. The molecule has 1 aliphatic heterocycles. The zero-order valence-corrected chi connectivity index (χ0v) is 8.97. The molecule has 10 heteroatoms. The van der Waals surface area contributed by atoms with Gasteiger partial charge in [-0.2, -0.15) is 0 Å². The molecule has 2 unspecified atom stereocenters. The molecule has 1 heterocycles. The van der Waals surface area contributed by atoms with E-state index in [-0.39, 0.29) is 0 Å². The summed E-state index contributed by atoms with van der Waals surface area (Å²) in [6, 6.07) is -1.33. The van der Waals surface area contributed by atoms with Gasteiger partial charge in [-0.15, -0.1) is 0 Å². The Kier molecular flexibility index (Phi) is 4.41. The maximum absolute atomic E-state index is 10.6. The lowest BCUT2D eigenvalue weighted by Crippen LogP contribution is -2.62. The highest BCUT2D eigenvalue weighted by Gasteiger charge is 2.45. The summed E-state index contributed by atoms with van der Waals surface area (Å²) < 4.78 is 19.5. The van der Waals surface area contributed by atoms with Gasteiger partial charge in [0, 0.05) is 0 Å². The summed E-state index contributed by atoms with van der Waals surface area (Å²) in [7, 11) is -4.83. The van der Waals surface area contributed by atoms with E-state index in [0.29, 0.717) is 0 Å². The van der Waals surface area contributed by atoms with E-state index in [4.69, 9.17) is 25.4 Å². The van der Waals surface area contributed by atoms with Crippen molar-refractivity contribution in [1.82, 2.24) is 0 Å². The fourth-order valence-electron chi connectivity index (χ4n) is 1.33. The predicted molar refractivity (Wildman–Crippen MR) is 48.9 cm³/mol. The summed E-state index contributed by atoms with van der Waals surface area (Å²) in [5, 5.41) is 27.6. The molecule has 9 nitrogen and oxygen atoms in total. The van der Waals surface area contributed by atoms with E-state index in [2.05, 4.69) is 4.52 Å². The third-order valence-corrected chi connectivity index (χ3v) is 2.65. The van der Waals surface area contributed by atoms with Crippen LogP contribution in [-0.4, -0.2) is 62.4 Å². The van der Waals surface area contributed by atoms with Gasteiger partial charge < -0.3 is 35.6 Å². The lowest BCUT2D eigenvalue weighted by molar-refractivity contribution is -0.242. The number of nitrogens with two attached hydrogens (primary N) is 1. The molecular formula is C6H14NO8P. The Morgan fingerprint density at radius 3 is 2.31 bits per heavy atom. The van der Waals surface area contributed by atoms with Gasteiger partial charge in [0.05, 0.1) is 12.6 Å². The lowest BCUT2D eigenvalue weighted by atomic mass is 9.98. The third kappa shape index (κ3) is 3.20. The lowest BCUT2D eigenvalue weighted by Gasteiger charge is -2.40. The fraction of sp³-hybridized carbons (Fsp3) is 1.00. The van der Waals surface area contributed by atoms with Crippen LogP contribution in [0.5, 0.6) is 0 Å². The topological polar surface area (TPSA) is 163 Å². The van der Waals surface area contributed by atoms with Crippen molar-refractivity contribution in [2.24, 2.45) is 5.73 Å². The van der Waals surface area contributed by atoms with Gasteiger partial charge in [-0.3, -0.25) is 4.52 Å². The van der Waals surface area contributed by atoms with Crippen LogP contribution in [0, 0.1) is 0 Å². The molecule has 0 aromatic rings. The van der Waals surface area contributed by atoms with Crippen LogP contribution in [0.2, 0.25) is 0 Å². The summed E-state index contributed by atoms with van der Waals surface area (Å²) >= 11 is 0. The standard InChI is InChI=1S/C6H14NO8P/c7-3-5(10)4(9)2(1-8)14-6(3)15-16(11,12)13/h2-6,8-10H,1,7H2,(H2,11,12,13)/t2?,3-,4+,5?,6+/m1/s1. The van der Waals surface area contributed by atoms with Gasteiger partial charge >= 0.3 is 7.82 Å². The summed E-state index contributed by atoms with van der Waals surface area (Å²) in [6.45, 7) is -0.647. The minimum absolute atomic E-state index is 0.647. The van der Waals surface area contributed by atoms with E-state index in [1.165, 1.54) is 0 Å². The maximum atomic E-state index is 10.6. The zero-order valence-electron chi connectivity index (χ0n) is 8.08. The Balaban J connectivity index is 2.75. The highest BCUT2D eigenvalue weighted by Crippen LogP contribution is 2.40. The van der Waals surface area contributed by atoms with Crippen LogP contribution < -0.4 is 5.73 Å². The summed E-state index contributed by atoms with van der Waals surface area (Å²) in [5.74, 6) is 0. The van der Waals surface area contributed by atoms with E-state index in [0.717, 1.165) is 0 Å². The summed E-state index contributed by atoms with van der Waals surface area (Å²) in [5.41, 5.74) is 5.35. The molecule has 0 bridgehead atoms. The summed E-state index contributed by atoms with van der Waals surface area (Å²) in [6.07, 6.45) is -5.78. The number of aliphatic hydroxyl groups is 3. The average molecular weight is 259 g/mol. The molecule has 16 heavy (non-hydrogen) atoms. The Morgan fingerprint density at radius 2 is 1.88 bits per heavy atom. The van der Waals surface area contributed by atoms with Crippen molar-refractivity contribution in [3.63, 3.8) is 0 Å². The van der Waals surface area contributed by atoms with Crippen molar-refractivity contribution in [3.8, 4) is 0 Å². The zero-order chi connectivity index (χ0) is 12.5.